The molecule has 2 fully saturated rings. The molecular weight excluding hydrogens is 424 g/mol. The summed E-state index contributed by atoms with van der Waals surface area (Å²) in [4.78, 5) is 11.4. The molecule has 3 atom stereocenters. The van der Waals surface area contributed by atoms with Gasteiger partial charge in [0.25, 0.3) is 0 Å². The first-order valence-corrected chi connectivity index (χ1v) is 11.5. The Hall–Kier alpha value is -2.57. The predicted octanol–water partition coefficient (Wildman–Crippen LogP) is 5.31. The van der Waals surface area contributed by atoms with Gasteiger partial charge in [0, 0.05) is 35.3 Å². The van der Waals surface area contributed by atoms with Crippen LogP contribution in [0.5, 0.6) is 11.5 Å². The first kappa shape index (κ1) is 21.3. The van der Waals surface area contributed by atoms with Gasteiger partial charge in [-0.25, -0.2) is 9.97 Å². The Bertz CT molecular complexity index is 1120. The minimum atomic E-state index is 0.605. The average molecular weight is 453 g/mol. The van der Waals surface area contributed by atoms with Crippen LogP contribution in [0.4, 0.5) is 11.5 Å². The number of halogens is 1. The molecule has 2 aromatic carbocycles. The van der Waals surface area contributed by atoms with Crippen molar-refractivity contribution in [3.8, 4) is 11.5 Å². The Balaban J connectivity index is 1.35. The largest absolute Gasteiger partial charge is 0.493 e. The fraction of sp³-hybridized carbons (Fsp3) is 0.440. The number of methoxy groups -OCH3 is 1. The van der Waals surface area contributed by atoms with Gasteiger partial charge in [0.05, 0.1) is 19.2 Å². The number of hydrogen-bond donors (Lipinski definition) is 1. The fourth-order valence-electron chi connectivity index (χ4n) is 5.25. The van der Waals surface area contributed by atoms with Gasteiger partial charge in [-0.15, -0.1) is 0 Å². The Morgan fingerprint density at radius 1 is 1.09 bits per heavy atom. The molecule has 1 aliphatic carbocycles. The van der Waals surface area contributed by atoms with E-state index in [1.165, 1.54) is 25.9 Å². The highest BCUT2D eigenvalue weighted by Gasteiger charge is 2.39. The van der Waals surface area contributed by atoms with E-state index in [0.717, 1.165) is 46.3 Å². The van der Waals surface area contributed by atoms with Crippen molar-refractivity contribution in [1.29, 1.82) is 0 Å². The van der Waals surface area contributed by atoms with Crippen molar-refractivity contribution in [3.63, 3.8) is 0 Å². The van der Waals surface area contributed by atoms with Crippen molar-refractivity contribution in [3.05, 3.63) is 47.2 Å². The highest BCUT2D eigenvalue weighted by atomic mass is 35.5. The van der Waals surface area contributed by atoms with Crippen LogP contribution in [0.1, 0.15) is 18.4 Å². The molecule has 1 saturated carbocycles. The number of ether oxygens (including phenoxy) is 2. The maximum atomic E-state index is 6.28. The molecule has 1 aliphatic heterocycles. The fourth-order valence-corrected chi connectivity index (χ4v) is 5.43. The molecule has 2 aliphatic rings. The van der Waals surface area contributed by atoms with Crippen LogP contribution in [0, 0.1) is 24.7 Å². The van der Waals surface area contributed by atoms with Crippen LogP contribution in [0.3, 0.4) is 0 Å². The molecule has 1 aromatic heterocycles. The lowest BCUT2D eigenvalue weighted by molar-refractivity contribution is 0.227. The lowest BCUT2D eigenvalue weighted by atomic mass is 10.0. The van der Waals surface area contributed by atoms with Gasteiger partial charge in [0.15, 0.2) is 11.5 Å². The zero-order chi connectivity index (χ0) is 22.2. The number of rotatable bonds is 6. The van der Waals surface area contributed by atoms with Gasteiger partial charge >= 0.3 is 0 Å². The van der Waals surface area contributed by atoms with Gasteiger partial charge in [-0.2, -0.15) is 0 Å². The quantitative estimate of drug-likeness (QED) is 0.546. The number of benzene rings is 2. The second-order valence-electron chi connectivity index (χ2n) is 9.22. The zero-order valence-corrected chi connectivity index (χ0v) is 19.5. The molecule has 168 valence electrons. The lowest BCUT2D eigenvalue weighted by Crippen LogP contribution is -2.18. The molecule has 1 N–H and O–H groups in total. The van der Waals surface area contributed by atoms with E-state index in [9.17, 15) is 0 Å². The van der Waals surface area contributed by atoms with Crippen molar-refractivity contribution in [2.24, 2.45) is 17.8 Å². The van der Waals surface area contributed by atoms with Crippen LogP contribution in [0.2, 0.25) is 5.02 Å². The van der Waals surface area contributed by atoms with Crippen molar-refractivity contribution >= 4 is 34.0 Å². The Morgan fingerprint density at radius 2 is 1.88 bits per heavy atom. The van der Waals surface area contributed by atoms with E-state index in [0.29, 0.717) is 22.5 Å². The van der Waals surface area contributed by atoms with Crippen molar-refractivity contribution in [1.82, 2.24) is 14.9 Å². The summed E-state index contributed by atoms with van der Waals surface area (Å²) in [5.41, 5.74) is 2.71. The van der Waals surface area contributed by atoms with E-state index in [1.54, 1.807) is 13.4 Å². The summed E-state index contributed by atoms with van der Waals surface area (Å²) in [6, 6.07) is 9.76. The number of hydrogen-bond acceptors (Lipinski definition) is 6. The number of nitrogens with zero attached hydrogens (tertiary/aromatic N) is 3. The maximum absolute atomic E-state index is 6.28. The van der Waals surface area contributed by atoms with Gasteiger partial charge in [0.1, 0.15) is 12.1 Å². The van der Waals surface area contributed by atoms with Gasteiger partial charge in [-0.3, -0.25) is 0 Å². The minimum absolute atomic E-state index is 0.605. The van der Waals surface area contributed by atoms with Gasteiger partial charge < -0.3 is 19.7 Å². The maximum Gasteiger partial charge on any atom is 0.163 e. The Kier molecular flexibility index (Phi) is 5.82. The average Bonchev–Trinajstić information content (AvgIpc) is 3.31. The Morgan fingerprint density at radius 3 is 2.59 bits per heavy atom. The van der Waals surface area contributed by atoms with Crippen LogP contribution in [0.25, 0.3) is 10.9 Å². The molecule has 6 nitrogen and oxygen atoms in total. The van der Waals surface area contributed by atoms with Crippen molar-refractivity contribution < 1.29 is 9.47 Å². The van der Waals surface area contributed by atoms with Crippen LogP contribution in [0.15, 0.2) is 36.7 Å². The monoisotopic (exact) mass is 452 g/mol. The molecule has 1 unspecified atom stereocenters. The van der Waals surface area contributed by atoms with E-state index < -0.39 is 0 Å². The molecule has 2 heterocycles. The third kappa shape index (κ3) is 4.21. The molecular formula is C25H29ClN4O2. The van der Waals surface area contributed by atoms with Crippen molar-refractivity contribution in [2.45, 2.75) is 19.8 Å². The third-order valence-electron chi connectivity index (χ3n) is 6.86. The van der Waals surface area contributed by atoms with E-state index >= 15 is 0 Å². The molecule has 0 bridgehead atoms. The van der Waals surface area contributed by atoms with Gasteiger partial charge in [-0.05, 0) is 68.3 Å². The van der Waals surface area contributed by atoms with Crippen molar-refractivity contribution in [2.75, 3.05) is 39.2 Å². The molecule has 32 heavy (non-hydrogen) atoms. The molecule has 0 amide bonds. The summed E-state index contributed by atoms with van der Waals surface area (Å²) in [6.45, 7) is 5.14. The standard InChI is InChI=1S/C25H29ClN4O2/c1-15-4-5-19(8-21(15)26)29-25-20-9-23(31-3)24(10-22(20)27-14-28-25)32-13-16-6-17-11-30(2)12-18(17)7-16/h4-5,8-10,14,16-18H,6-7,11-13H2,1-3H3,(H,27,28,29)/t16?,17-,18+. The number of fused-ring (bicyclic) bond motifs is 2. The topological polar surface area (TPSA) is 59.5 Å². The van der Waals surface area contributed by atoms with Gasteiger partial charge in [-0.1, -0.05) is 17.7 Å². The van der Waals surface area contributed by atoms with E-state index in [1.807, 2.05) is 37.3 Å². The second kappa shape index (κ2) is 8.75. The highest BCUT2D eigenvalue weighted by Crippen LogP contribution is 2.42. The second-order valence-corrected chi connectivity index (χ2v) is 9.63. The molecule has 0 radical (unpaired) electrons. The van der Waals surface area contributed by atoms with Crippen LogP contribution < -0.4 is 14.8 Å². The summed E-state index contributed by atoms with van der Waals surface area (Å²) in [5.74, 6) is 4.38. The van der Waals surface area contributed by atoms with E-state index in [2.05, 4.69) is 27.2 Å². The molecule has 7 heteroatoms. The predicted molar refractivity (Wildman–Crippen MR) is 128 cm³/mol. The summed E-state index contributed by atoms with van der Waals surface area (Å²) >= 11 is 6.28. The summed E-state index contributed by atoms with van der Waals surface area (Å²) in [7, 11) is 3.89. The number of aryl methyl sites for hydroxylation is 1. The molecule has 0 spiro atoms. The minimum Gasteiger partial charge on any atom is -0.493 e. The molecule has 3 aromatic rings. The SMILES string of the molecule is COc1cc2c(Nc3ccc(C)c(Cl)c3)ncnc2cc1OCC1C[C@@H]2CN(C)C[C@@H]2C1. The zero-order valence-electron chi connectivity index (χ0n) is 18.8. The smallest absolute Gasteiger partial charge is 0.163 e. The summed E-state index contributed by atoms with van der Waals surface area (Å²) in [6.07, 6.45) is 4.06. The number of likely N-dealkylation sites (tertiary alicyclic amines) is 1. The van der Waals surface area contributed by atoms with E-state index in [4.69, 9.17) is 21.1 Å². The first-order valence-electron chi connectivity index (χ1n) is 11.2. The molecule has 1 saturated heterocycles. The lowest BCUT2D eigenvalue weighted by Gasteiger charge is -2.17. The van der Waals surface area contributed by atoms with Crippen LogP contribution >= 0.6 is 11.6 Å². The Labute approximate surface area is 193 Å². The normalized spacial score (nSPS) is 22.8. The molecule has 5 rings (SSSR count). The third-order valence-corrected chi connectivity index (χ3v) is 7.27. The summed E-state index contributed by atoms with van der Waals surface area (Å²) in [5, 5.41) is 4.93. The highest BCUT2D eigenvalue weighted by molar-refractivity contribution is 6.31. The van der Waals surface area contributed by atoms with Crippen LogP contribution in [-0.4, -0.2) is 48.7 Å². The van der Waals surface area contributed by atoms with Gasteiger partial charge in [0.2, 0.25) is 0 Å². The number of aromatic nitrogens is 2. The number of nitrogens with one attached hydrogen (secondary N) is 1. The number of anilines is 2. The van der Waals surface area contributed by atoms with Crippen LogP contribution in [-0.2, 0) is 0 Å². The first-order chi connectivity index (χ1) is 15.5. The summed E-state index contributed by atoms with van der Waals surface area (Å²) < 4.78 is 11.9. The van der Waals surface area contributed by atoms with E-state index in [-0.39, 0.29) is 0 Å².